The number of aryl methyl sites for hydroxylation is 2. The Kier molecular flexibility index (Phi) is 5.83. The van der Waals surface area contributed by atoms with E-state index in [9.17, 15) is 4.79 Å². The van der Waals surface area contributed by atoms with E-state index < -0.39 is 0 Å². The average Bonchev–Trinajstić information content (AvgIpc) is 3.21. The third-order valence-electron chi connectivity index (χ3n) is 5.04. The number of amides is 1. The Hall–Kier alpha value is -2.44. The molecular formula is C23H23BrN2O3. The van der Waals surface area contributed by atoms with E-state index in [4.69, 9.17) is 9.15 Å². The maximum absolute atomic E-state index is 13.0. The van der Waals surface area contributed by atoms with Crippen LogP contribution in [-0.4, -0.2) is 25.2 Å². The molecule has 6 heteroatoms. The second-order valence-electron chi connectivity index (χ2n) is 7.39. The van der Waals surface area contributed by atoms with Gasteiger partial charge < -0.3 is 14.5 Å². The van der Waals surface area contributed by atoms with Gasteiger partial charge in [0.2, 0.25) is 5.55 Å². The molecule has 5 nitrogen and oxygen atoms in total. The topological polar surface area (TPSA) is 63.8 Å². The average molecular weight is 455 g/mol. The summed E-state index contributed by atoms with van der Waals surface area (Å²) in [4.78, 5) is 17.7. The van der Waals surface area contributed by atoms with Crippen LogP contribution in [0.25, 0.3) is 11.0 Å². The number of halogens is 1. The number of rotatable bonds is 4. The van der Waals surface area contributed by atoms with Crippen LogP contribution in [0.15, 0.2) is 56.3 Å². The van der Waals surface area contributed by atoms with Crippen LogP contribution in [0.2, 0.25) is 0 Å². The van der Waals surface area contributed by atoms with Crippen molar-refractivity contribution >= 4 is 38.5 Å². The molecule has 1 saturated heterocycles. The van der Waals surface area contributed by atoms with Crippen molar-refractivity contribution in [3.63, 3.8) is 0 Å². The molecule has 0 saturated carbocycles. The SMILES string of the molecule is Cc1ccc(N=c2oc3ccc(Br)cc3cc2C(=O)NC[C@H]2CCCO2)c(C)c1. The Morgan fingerprint density at radius 2 is 2.07 bits per heavy atom. The smallest absolute Gasteiger partial charge is 0.256 e. The monoisotopic (exact) mass is 454 g/mol. The molecule has 0 unspecified atom stereocenters. The lowest BCUT2D eigenvalue weighted by Crippen LogP contribution is -2.34. The van der Waals surface area contributed by atoms with Crippen molar-refractivity contribution in [1.29, 1.82) is 0 Å². The molecule has 2 aromatic carbocycles. The van der Waals surface area contributed by atoms with E-state index >= 15 is 0 Å². The Bertz CT molecular complexity index is 1130. The predicted octanol–water partition coefficient (Wildman–Crippen LogP) is 4.95. The van der Waals surface area contributed by atoms with Crippen LogP contribution in [0, 0.1) is 13.8 Å². The molecule has 1 atom stereocenters. The number of nitrogens with zero attached hydrogens (tertiary/aromatic N) is 1. The Morgan fingerprint density at radius 3 is 2.83 bits per heavy atom. The largest absolute Gasteiger partial charge is 0.438 e. The van der Waals surface area contributed by atoms with Gasteiger partial charge >= 0.3 is 0 Å². The molecule has 29 heavy (non-hydrogen) atoms. The van der Waals surface area contributed by atoms with E-state index in [0.717, 1.165) is 46.1 Å². The third kappa shape index (κ3) is 4.60. The maximum Gasteiger partial charge on any atom is 0.256 e. The van der Waals surface area contributed by atoms with Crippen molar-refractivity contribution in [1.82, 2.24) is 5.32 Å². The highest BCUT2D eigenvalue weighted by Crippen LogP contribution is 2.22. The van der Waals surface area contributed by atoms with E-state index in [1.54, 1.807) is 0 Å². The van der Waals surface area contributed by atoms with Crippen LogP contribution in [0.1, 0.15) is 34.3 Å². The number of hydrogen-bond acceptors (Lipinski definition) is 4. The van der Waals surface area contributed by atoms with E-state index in [1.165, 1.54) is 0 Å². The lowest BCUT2D eigenvalue weighted by molar-refractivity contribution is 0.0854. The summed E-state index contributed by atoms with van der Waals surface area (Å²) in [5.74, 6) is -0.213. The summed E-state index contributed by atoms with van der Waals surface area (Å²) >= 11 is 3.48. The highest BCUT2D eigenvalue weighted by molar-refractivity contribution is 9.10. The molecule has 0 radical (unpaired) electrons. The minimum Gasteiger partial charge on any atom is -0.438 e. The molecule has 3 aromatic rings. The van der Waals surface area contributed by atoms with Gasteiger partial charge in [0, 0.05) is 23.0 Å². The van der Waals surface area contributed by atoms with E-state index in [1.807, 2.05) is 50.2 Å². The fourth-order valence-electron chi connectivity index (χ4n) is 3.49. The summed E-state index contributed by atoms with van der Waals surface area (Å²) in [6, 6.07) is 13.5. The summed E-state index contributed by atoms with van der Waals surface area (Å²) < 4.78 is 12.6. The van der Waals surface area contributed by atoms with Crippen LogP contribution in [0.5, 0.6) is 0 Å². The van der Waals surface area contributed by atoms with Crippen LogP contribution in [-0.2, 0) is 4.74 Å². The van der Waals surface area contributed by atoms with Crippen molar-refractivity contribution < 1.29 is 13.9 Å². The summed E-state index contributed by atoms with van der Waals surface area (Å²) in [5, 5.41) is 3.81. The van der Waals surface area contributed by atoms with Crippen molar-refractivity contribution in [3.8, 4) is 0 Å². The summed E-state index contributed by atoms with van der Waals surface area (Å²) in [6.45, 7) is 5.28. The Morgan fingerprint density at radius 1 is 1.21 bits per heavy atom. The van der Waals surface area contributed by atoms with Gasteiger partial charge in [-0.1, -0.05) is 33.6 Å². The number of carbonyl (C=O) groups is 1. The predicted molar refractivity (Wildman–Crippen MR) is 116 cm³/mol. The first kappa shape index (κ1) is 19.9. The van der Waals surface area contributed by atoms with Gasteiger partial charge in [0.05, 0.1) is 11.8 Å². The number of carbonyl (C=O) groups excluding carboxylic acids is 1. The summed E-state index contributed by atoms with van der Waals surface area (Å²) in [7, 11) is 0. The van der Waals surface area contributed by atoms with Gasteiger partial charge in [0.1, 0.15) is 11.1 Å². The van der Waals surface area contributed by atoms with Crippen LogP contribution in [0.4, 0.5) is 5.69 Å². The van der Waals surface area contributed by atoms with Gasteiger partial charge in [-0.15, -0.1) is 0 Å². The zero-order valence-electron chi connectivity index (χ0n) is 16.5. The quantitative estimate of drug-likeness (QED) is 0.606. The van der Waals surface area contributed by atoms with Gasteiger partial charge in [-0.2, -0.15) is 0 Å². The van der Waals surface area contributed by atoms with Gasteiger partial charge in [0.15, 0.2) is 0 Å². The van der Waals surface area contributed by atoms with Crippen molar-refractivity contribution in [2.75, 3.05) is 13.2 Å². The first-order valence-corrected chi connectivity index (χ1v) is 10.5. The second-order valence-corrected chi connectivity index (χ2v) is 8.31. The Balaban J connectivity index is 1.78. The first-order valence-electron chi connectivity index (χ1n) is 9.75. The lowest BCUT2D eigenvalue weighted by Gasteiger charge is -2.11. The normalized spacial score (nSPS) is 17.1. The molecule has 0 spiro atoms. The number of benzene rings is 2. The van der Waals surface area contributed by atoms with Crippen LogP contribution >= 0.6 is 15.9 Å². The molecule has 1 N–H and O–H groups in total. The molecule has 1 aromatic heterocycles. The molecule has 4 rings (SSSR count). The fraction of sp³-hybridized carbons (Fsp3) is 0.304. The molecule has 0 aliphatic carbocycles. The Labute approximate surface area is 177 Å². The van der Waals surface area contributed by atoms with Crippen molar-refractivity contribution in [2.24, 2.45) is 4.99 Å². The fourth-order valence-corrected chi connectivity index (χ4v) is 3.87. The minimum absolute atomic E-state index is 0.0743. The summed E-state index contributed by atoms with van der Waals surface area (Å²) in [5.41, 5.74) is 4.36. The molecule has 1 fully saturated rings. The van der Waals surface area contributed by atoms with Crippen LogP contribution < -0.4 is 10.9 Å². The first-order chi connectivity index (χ1) is 14.0. The van der Waals surface area contributed by atoms with Gasteiger partial charge in [-0.3, -0.25) is 4.79 Å². The lowest BCUT2D eigenvalue weighted by atomic mass is 10.1. The van der Waals surface area contributed by atoms with E-state index in [-0.39, 0.29) is 12.0 Å². The number of nitrogens with one attached hydrogen (secondary N) is 1. The molecule has 1 amide bonds. The molecule has 2 heterocycles. The highest BCUT2D eigenvalue weighted by Gasteiger charge is 2.18. The van der Waals surface area contributed by atoms with Gasteiger partial charge in [-0.25, -0.2) is 4.99 Å². The highest BCUT2D eigenvalue weighted by atomic mass is 79.9. The molecular weight excluding hydrogens is 432 g/mol. The standard InChI is InChI=1S/C23H23BrN2O3/c1-14-5-7-20(15(2)10-14)26-23-19(22(27)25-13-18-4-3-9-28-18)12-16-11-17(24)6-8-21(16)29-23/h5-8,10-12,18H,3-4,9,13H2,1-2H3,(H,25,27)/t18-/m1/s1. The zero-order chi connectivity index (χ0) is 20.4. The minimum atomic E-state index is -0.213. The van der Waals surface area contributed by atoms with E-state index in [2.05, 4.69) is 32.3 Å². The van der Waals surface area contributed by atoms with E-state index in [0.29, 0.717) is 23.2 Å². The zero-order valence-corrected chi connectivity index (χ0v) is 18.1. The van der Waals surface area contributed by atoms with Crippen LogP contribution in [0.3, 0.4) is 0 Å². The third-order valence-corrected chi connectivity index (χ3v) is 5.54. The second kappa shape index (κ2) is 8.51. The molecule has 0 bridgehead atoms. The number of hydrogen-bond donors (Lipinski definition) is 1. The molecule has 1 aliphatic rings. The molecule has 150 valence electrons. The molecule has 1 aliphatic heterocycles. The number of fused-ring (bicyclic) bond motifs is 1. The van der Waals surface area contributed by atoms with Gasteiger partial charge in [-0.05, 0) is 62.6 Å². The summed E-state index contributed by atoms with van der Waals surface area (Å²) in [6.07, 6.45) is 2.08. The van der Waals surface area contributed by atoms with Crippen molar-refractivity contribution in [3.05, 3.63) is 69.2 Å². The number of ether oxygens (including phenoxy) is 1. The van der Waals surface area contributed by atoms with Crippen molar-refractivity contribution in [2.45, 2.75) is 32.8 Å². The maximum atomic E-state index is 13.0. The van der Waals surface area contributed by atoms with Gasteiger partial charge in [0.25, 0.3) is 5.91 Å².